The van der Waals surface area contributed by atoms with Gasteiger partial charge in [-0.2, -0.15) is 0 Å². The molecular weight excluding hydrogens is 310 g/mol. The summed E-state index contributed by atoms with van der Waals surface area (Å²) in [4.78, 5) is 2.35. The highest BCUT2D eigenvalue weighted by Gasteiger charge is 2.20. The average molecular weight is 330 g/mol. The van der Waals surface area contributed by atoms with Crippen molar-refractivity contribution >= 4 is 15.9 Å². The van der Waals surface area contributed by atoms with Gasteiger partial charge < -0.3 is 14.6 Å². The van der Waals surface area contributed by atoms with Gasteiger partial charge in [0.15, 0.2) is 0 Å². The molecule has 1 aliphatic heterocycles. The first kappa shape index (κ1) is 14.8. The van der Waals surface area contributed by atoms with Crippen LogP contribution >= 0.6 is 15.9 Å². The average Bonchev–Trinajstić information content (AvgIpc) is 2.46. The van der Waals surface area contributed by atoms with Gasteiger partial charge in [0.1, 0.15) is 18.5 Å². The minimum atomic E-state index is -0.0264. The first-order valence-electron chi connectivity index (χ1n) is 6.59. The third kappa shape index (κ3) is 4.18. The van der Waals surface area contributed by atoms with Gasteiger partial charge in [-0.25, -0.2) is 0 Å². The van der Waals surface area contributed by atoms with Crippen molar-refractivity contribution < 1.29 is 14.6 Å². The number of ether oxygens (including phenoxy) is 2. The maximum atomic E-state index is 9.32. The molecule has 1 N–H and O–H groups in total. The van der Waals surface area contributed by atoms with Gasteiger partial charge in [0.25, 0.3) is 0 Å². The van der Waals surface area contributed by atoms with Gasteiger partial charge in [-0.3, -0.25) is 4.90 Å². The van der Waals surface area contributed by atoms with E-state index in [0.29, 0.717) is 6.61 Å². The standard InChI is InChI=1S/C14H20BrNO3/c1-2-16-5-6-18-13(8-16)10-19-14-4-3-12(15)7-11(14)9-17/h3-4,7,13,17H,2,5-6,8-10H2,1H3. The summed E-state index contributed by atoms with van der Waals surface area (Å²) in [6, 6.07) is 5.65. The van der Waals surface area contributed by atoms with Crippen molar-refractivity contribution in [2.24, 2.45) is 0 Å². The number of nitrogens with zero attached hydrogens (tertiary/aromatic N) is 1. The van der Waals surface area contributed by atoms with E-state index in [1.165, 1.54) is 0 Å². The molecule has 4 nitrogen and oxygen atoms in total. The van der Waals surface area contributed by atoms with Crippen molar-refractivity contribution in [3.8, 4) is 5.75 Å². The number of aliphatic hydroxyl groups excluding tert-OH is 1. The fraction of sp³-hybridized carbons (Fsp3) is 0.571. The molecule has 5 heteroatoms. The van der Waals surface area contributed by atoms with E-state index in [1.54, 1.807) is 0 Å². The highest BCUT2D eigenvalue weighted by molar-refractivity contribution is 9.10. The van der Waals surface area contributed by atoms with E-state index >= 15 is 0 Å². The number of likely N-dealkylation sites (N-methyl/N-ethyl adjacent to an activating group) is 1. The molecule has 19 heavy (non-hydrogen) atoms. The molecule has 1 atom stereocenters. The van der Waals surface area contributed by atoms with Crippen LogP contribution in [0.1, 0.15) is 12.5 Å². The van der Waals surface area contributed by atoms with Crippen molar-refractivity contribution in [1.82, 2.24) is 4.90 Å². The van der Waals surface area contributed by atoms with Crippen LogP contribution in [-0.4, -0.2) is 49.0 Å². The maximum Gasteiger partial charge on any atom is 0.125 e. The van der Waals surface area contributed by atoms with Gasteiger partial charge in [0, 0.05) is 23.1 Å². The van der Waals surface area contributed by atoms with E-state index in [0.717, 1.165) is 42.0 Å². The molecule has 1 aromatic rings. The van der Waals surface area contributed by atoms with E-state index in [4.69, 9.17) is 9.47 Å². The summed E-state index contributed by atoms with van der Waals surface area (Å²) in [7, 11) is 0. The summed E-state index contributed by atoms with van der Waals surface area (Å²) in [5.74, 6) is 0.725. The molecule has 0 radical (unpaired) electrons. The Morgan fingerprint density at radius 1 is 1.53 bits per heavy atom. The minimum absolute atomic E-state index is 0.0264. The quantitative estimate of drug-likeness (QED) is 0.897. The highest BCUT2D eigenvalue weighted by Crippen LogP contribution is 2.23. The molecule has 1 aliphatic rings. The molecule has 0 aromatic heterocycles. The Morgan fingerprint density at radius 3 is 3.11 bits per heavy atom. The molecule has 1 fully saturated rings. The third-order valence-electron chi connectivity index (χ3n) is 3.29. The molecule has 0 saturated carbocycles. The van der Waals surface area contributed by atoms with Gasteiger partial charge in [-0.1, -0.05) is 22.9 Å². The number of halogens is 1. The topological polar surface area (TPSA) is 41.9 Å². The van der Waals surface area contributed by atoms with E-state index < -0.39 is 0 Å². The molecule has 1 aromatic carbocycles. The lowest BCUT2D eigenvalue weighted by Gasteiger charge is -2.32. The Labute approximate surface area is 122 Å². The molecule has 0 aliphatic carbocycles. The summed E-state index contributed by atoms with van der Waals surface area (Å²) in [5.41, 5.74) is 0.789. The van der Waals surface area contributed by atoms with E-state index in [9.17, 15) is 5.11 Å². The Bertz CT molecular complexity index is 414. The smallest absolute Gasteiger partial charge is 0.125 e. The van der Waals surface area contributed by atoms with Crippen molar-refractivity contribution in [2.75, 3.05) is 32.8 Å². The first-order valence-corrected chi connectivity index (χ1v) is 7.38. The predicted octanol–water partition coefficient (Wildman–Crippen LogP) is 2.04. The molecule has 1 heterocycles. The van der Waals surface area contributed by atoms with Gasteiger partial charge in [-0.05, 0) is 24.7 Å². The SMILES string of the molecule is CCN1CCOC(COc2ccc(Br)cc2CO)C1. The fourth-order valence-electron chi connectivity index (χ4n) is 2.16. The molecule has 0 amide bonds. The second kappa shape index (κ2) is 7.24. The van der Waals surface area contributed by atoms with Crippen LogP contribution in [0.25, 0.3) is 0 Å². The predicted molar refractivity (Wildman–Crippen MR) is 77.4 cm³/mol. The third-order valence-corrected chi connectivity index (χ3v) is 3.78. The van der Waals surface area contributed by atoms with E-state index in [-0.39, 0.29) is 12.7 Å². The van der Waals surface area contributed by atoms with Gasteiger partial charge in [0.2, 0.25) is 0 Å². The molecule has 1 unspecified atom stereocenters. The number of hydrogen-bond acceptors (Lipinski definition) is 4. The molecule has 106 valence electrons. The number of aliphatic hydroxyl groups is 1. The van der Waals surface area contributed by atoms with E-state index in [2.05, 4.69) is 27.8 Å². The highest BCUT2D eigenvalue weighted by atomic mass is 79.9. The second-order valence-electron chi connectivity index (χ2n) is 4.61. The van der Waals surface area contributed by atoms with Gasteiger partial charge >= 0.3 is 0 Å². The number of hydrogen-bond donors (Lipinski definition) is 1. The largest absolute Gasteiger partial charge is 0.490 e. The van der Waals surface area contributed by atoms with Crippen LogP contribution in [0, 0.1) is 0 Å². The maximum absolute atomic E-state index is 9.32. The first-order chi connectivity index (χ1) is 9.22. The Balaban J connectivity index is 1.91. The lowest BCUT2D eigenvalue weighted by molar-refractivity contribution is -0.0466. The Kier molecular flexibility index (Phi) is 5.63. The van der Waals surface area contributed by atoms with Gasteiger partial charge in [-0.15, -0.1) is 0 Å². The number of benzene rings is 1. The van der Waals surface area contributed by atoms with Crippen LogP contribution in [0.15, 0.2) is 22.7 Å². The summed E-state index contributed by atoms with van der Waals surface area (Å²) in [6.07, 6.45) is 0.101. The summed E-state index contributed by atoms with van der Waals surface area (Å²) >= 11 is 3.38. The minimum Gasteiger partial charge on any atom is -0.490 e. The van der Waals surface area contributed by atoms with Crippen molar-refractivity contribution in [2.45, 2.75) is 19.6 Å². The van der Waals surface area contributed by atoms with Crippen LogP contribution in [0.5, 0.6) is 5.75 Å². The summed E-state index contributed by atoms with van der Waals surface area (Å²) in [5, 5.41) is 9.32. The van der Waals surface area contributed by atoms with Crippen LogP contribution in [-0.2, 0) is 11.3 Å². The zero-order valence-corrected chi connectivity index (χ0v) is 12.7. The van der Waals surface area contributed by atoms with Gasteiger partial charge in [0.05, 0.1) is 13.2 Å². The lowest BCUT2D eigenvalue weighted by Crippen LogP contribution is -2.44. The van der Waals surface area contributed by atoms with E-state index in [1.807, 2.05) is 18.2 Å². The second-order valence-corrected chi connectivity index (χ2v) is 5.52. The van der Waals surface area contributed by atoms with Crippen molar-refractivity contribution in [1.29, 1.82) is 0 Å². The summed E-state index contributed by atoms with van der Waals surface area (Å²) in [6.45, 7) is 6.35. The Morgan fingerprint density at radius 2 is 2.37 bits per heavy atom. The van der Waals surface area contributed by atoms with Crippen molar-refractivity contribution in [3.05, 3.63) is 28.2 Å². The zero-order chi connectivity index (χ0) is 13.7. The molecule has 0 spiro atoms. The number of rotatable bonds is 5. The normalized spacial score (nSPS) is 20.5. The number of morpholine rings is 1. The Hall–Kier alpha value is -0.620. The summed E-state index contributed by atoms with van der Waals surface area (Å²) < 4.78 is 12.4. The van der Waals surface area contributed by atoms with Crippen LogP contribution in [0.2, 0.25) is 0 Å². The van der Waals surface area contributed by atoms with Crippen molar-refractivity contribution in [3.63, 3.8) is 0 Å². The van der Waals surface area contributed by atoms with Crippen LogP contribution in [0.3, 0.4) is 0 Å². The molecule has 1 saturated heterocycles. The lowest BCUT2D eigenvalue weighted by atomic mass is 10.2. The van der Waals surface area contributed by atoms with Crippen LogP contribution in [0.4, 0.5) is 0 Å². The monoisotopic (exact) mass is 329 g/mol. The zero-order valence-electron chi connectivity index (χ0n) is 11.1. The fourth-order valence-corrected chi connectivity index (χ4v) is 2.57. The molecule has 2 rings (SSSR count). The van der Waals surface area contributed by atoms with Crippen LogP contribution < -0.4 is 4.74 Å². The molecular formula is C14H20BrNO3. The molecule has 0 bridgehead atoms.